The van der Waals surface area contributed by atoms with Crippen LogP contribution in [-0.2, 0) is 9.59 Å². The number of amides is 2. The SMILES string of the molecule is CCCCNC(=O)CN1C(=O)C(CC)Oc2ccc(C(N)CC)cc21. The van der Waals surface area contributed by atoms with E-state index in [4.69, 9.17) is 10.5 Å². The van der Waals surface area contributed by atoms with Gasteiger partial charge in [-0.15, -0.1) is 0 Å². The maximum Gasteiger partial charge on any atom is 0.268 e. The summed E-state index contributed by atoms with van der Waals surface area (Å²) in [4.78, 5) is 26.5. The predicted molar refractivity (Wildman–Crippen MR) is 98.6 cm³/mol. The summed E-state index contributed by atoms with van der Waals surface area (Å²) in [5.74, 6) is 0.289. The quantitative estimate of drug-likeness (QED) is 0.708. The van der Waals surface area contributed by atoms with Crippen molar-refractivity contribution in [3.63, 3.8) is 0 Å². The Morgan fingerprint density at radius 1 is 1.36 bits per heavy atom. The lowest BCUT2D eigenvalue weighted by molar-refractivity contribution is -0.129. The molecule has 0 saturated carbocycles. The number of nitrogens with zero attached hydrogens (tertiary/aromatic N) is 1. The highest BCUT2D eigenvalue weighted by Gasteiger charge is 2.34. The van der Waals surface area contributed by atoms with Crippen molar-refractivity contribution in [1.82, 2.24) is 5.32 Å². The smallest absolute Gasteiger partial charge is 0.268 e. The Labute approximate surface area is 149 Å². The Bertz CT molecular complexity index is 618. The minimum Gasteiger partial charge on any atom is -0.478 e. The van der Waals surface area contributed by atoms with Crippen LogP contribution in [0.3, 0.4) is 0 Å². The first kappa shape index (κ1) is 19.2. The number of nitrogens with two attached hydrogens (primary N) is 1. The Hall–Kier alpha value is -2.08. The summed E-state index contributed by atoms with van der Waals surface area (Å²) in [7, 11) is 0. The molecule has 6 nitrogen and oxygen atoms in total. The summed E-state index contributed by atoms with van der Waals surface area (Å²) in [5.41, 5.74) is 7.68. The molecule has 1 aliphatic rings. The van der Waals surface area contributed by atoms with Gasteiger partial charge in [-0.05, 0) is 37.0 Å². The molecule has 0 radical (unpaired) electrons. The van der Waals surface area contributed by atoms with Gasteiger partial charge in [-0.25, -0.2) is 0 Å². The molecular formula is C19H29N3O3. The molecule has 25 heavy (non-hydrogen) atoms. The van der Waals surface area contributed by atoms with Crippen LogP contribution in [0.5, 0.6) is 5.75 Å². The number of nitrogens with one attached hydrogen (secondary N) is 1. The fraction of sp³-hybridized carbons (Fsp3) is 0.579. The fourth-order valence-corrected chi connectivity index (χ4v) is 2.83. The van der Waals surface area contributed by atoms with E-state index in [-0.39, 0.29) is 24.4 Å². The van der Waals surface area contributed by atoms with Crippen molar-refractivity contribution >= 4 is 17.5 Å². The number of hydrogen-bond donors (Lipinski definition) is 2. The normalized spacial score (nSPS) is 17.7. The maximum absolute atomic E-state index is 12.7. The van der Waals surface area contributed by atoms with Crippen molar-refractivity contribution in [2.24, 2.45) is 5.73 Å². The molecule has 0 aromatic heterocycles. The second kappa shape index (κ2) is 8.85. The molecule has 0 aliphatic carbocycles. The molecule has 1 aromatic carbocycles. The Morgan fingerprint density at radius 3 is 2.76 bits per heavy atom. The van der Waals surface area contributed by atoms with Gasteiger partial charge < -0.3 is 15.8 Å². The molecule has 1 aromatic rings. The van der Waals surface area contributed by atoms with Crippen molar-refractivity contribution in [1.29, 1.82) is 0 Å². The van der Waals surface area contributed by atoms with E-state index in [0.717, 1.165) is 24.8 Å². The summed E-state index contributed by atoms with van der Waals surface area (Å²) in [6.07, 6.45) is 2.73. The van der Waals surface area contributed by atoms with Gasteiger partial charge in [0.05, 0.1) is 5.69 Å². The molecule has 2 atom stereocenters. The van der Waals surface area contributed by atoms with E-state index >= 15 is 0 Å². The molecule has 2 amide bonds. The van der Waals surface area contributed by atoms with Gasteiger partial charge in [-0.3, -0.25) is 14.5 Å². The molecule has 0 bridgehead atoms. The summed E-state index contributed by atoms with van der Waals surface area (Å²) in [6.45, 7) is 6.60. The largest absolute Gasteiger partial charge is 0.478 e. The third-order valence-corrected chi connectivity index (χ3v) is 4.48. The minimum atomic E-state index is -0.554. The van der Waals surface area contributed by atoms with E-state index in [1.807, 2.05) is 32.0 Å². The van der Waals surface area contributed by atoms with Crippen LogP contribution in [0.25, 0.3) is 0 Å². The highest BCUT2D eigenvalue weighted by molar-refractivity contribution is 6.03. The predicted octanol–water partition coefficient (Wildman–Crippen LogP) is 2.52. The Morgan fingerprint density at radius 2 is 2.12 bits per heavy atom. The number of anilines is 1. The number of carbonyl (C=O) groups is 2. The average Bonchev–Trinajstić information content (AvgIpc) is 2.63. The van der Waals surface area contributed by atoms with Crippen LogP contribution in [0, 0.1) is 0 Å². The van der Waals surface area contributed by atoms with Crippen LogP contribution in [0.2, 0.25) is 0 Å². The molecule has 1 aliphatic heterocycles. The number of carbonyl (C=O) groups excluding carboxylic acids is 2. The number of unbranched alkanes of at least 4 members (excludes halogenated alkanes) is 1. The van der Waals surface area contributed by atoms with E-state index < -0.39 is 6.10 Å². The van der Waals surface area contributed by atoms with Gasteiger partial charge in [-0.2, -0.15) is 0 Å². The van der Waals surface area contributed by atoms with Gasteiger partial charge in [0.1, 0.15) is 12.3 Å². The Kier molecular flexibility index (Phi) is 6.82. The first-order chi connectivity index (χ1) is 12.0. The van der Waals surface area contributed by atoms with E-state index in [2.05, 4.69) is 12.2 Å². The van der Waals surface area contributed by atoms with Crippen LogP contribution < -0.4 is 20.7 Å². The first-order valence-corrected chi connectivity index (χ1v) is 9.16. The number of fused-ring (bicyclic) bond motifs is 1. The molecule has 2 unspecified atom stereocenters. The molecule has 6 heteroatoms. The third-order valence-electron chi connectivity index (χ3n) is 4.48. The van der Waals surface area contributed by atoms with Crippen molar-refractivity contribution in [2.45, 2.75) is 58.6 Å². The van der Waals surface area contributed by atoms with Crippen molar-refractivity contribution in [3.05, 3.63) is 23.8 Å². The molecule has 2 rings (SSSR count). The zero-order valence-electron chi connectivity index (χ0n) is 15.4. The topological polar surface area (TPSA) is 84.7 Å². The van der Waals surface area contributed by atoms with Crippen LogP contribution in [0.4, 0.5) is 5.69 Å². The minimum absolute atomic E-state index is 0.000222. The highest BCUT2D eigenvalue weighted by Crippen LogP contribution is 2.36. The summed E-state index contributed by atoms with van der Waals surface area (Å²) < 4.78 is 5.81. The lowest BCUT2D eigenvalue weighted by Gasteiger charge is -2.34. The van der Waals surface area contributed by atoms with Crippen LogP contribution in [0.15, 0.2) is 18.2 Å². The molecule has 0 fully saturated rings. The standard InChI is InChI=1S/C19H29N3O3/c1-4-7-10-21-18(23)12-22-15-11-13(14(20)5-2)8-9-17(15)25-16(6-3)19(22)24/h8-9,11,14,16H,4-7,10,12,20H2,1-3H3,(H,21,23). The monoisotopic (exact) mass is 347 g/mol. The second-order valence-corrected chi connectivity index (χ2v) is 6.38. The fourth-order valence-electron chi connectivity index (χ4n) is 2.83. The van der Waals surface area contributed by atoms with Gasteiger partial charge in [0.2, 0.25) is 5.91 Å². The average molecular weight is 347 g/mol. The molecule has 1 heterocycles. The van der Waals surface area contributed by atoms with E-state index in [1.165, 1.54) is 4.90 Å². The molecular weight excluding hydrogens is 318 g/mol. The van der Waals surface area contributed by atoms with E-state index in [1.54, 1.807) is 0 Å². The highest BCUT2D eigenvalue weighted by atomic mass is 16.5. The molecule has 3 N–H and O–H groups in total. The van der Waals surface area contributed by atoms with Gasteiger partial charge in [-0.1, -0.05) is 33.3 Å². The first-order valence-electron chi connectivity index (χ1n) is 9.16. The van der Waals surface area contributed by atoms with Crippen LogP contribution in [0.1, 0.15) is 58.1 Å². The molecule has 0 spiro atoms. The van der Waals surface area contributed by atoms with Crippen LogP contribution in [-0.4, -0.2) is 31.0 Å². The number of hydrogen-bond acceptors (Lipinski definition) is 4. The zero-order valence-corrected chi connectivity index (χ0v) is 15.4. The Balaban J connectivity index is 2.27. The van der Waals surface area contributed by atoms with E-state index in [0.29, 0.717) is 24.4 Å². The zero-order chi connectivity index (χ0) is 18.4. The lowest BCUT2D eigenvalue weighted by atomic mass is 10.0. The second-order valence-electron chi connectivity index (χ2n) is 6.38. The van der Waals surface area contributed by atoms with Gasteiger partial charge in [0.25, 0.3) is 5.91 Å². The third kappa shape index (κ3) is 4.51. The van der Waals surface area contributed by atoms with Crippen molar-refractivity contribution < 1.29 is 14.3 Å². The van der Waals surface area contributed by atoms with E-state index in [9.17, 15) is 9.59 Å². The van der Waals surface area contributed by atoms with Gasteiger partial charge in [0, 0.05) is 12.6 Å². The van der Waals surface area contributed by atoms with Crippen LogP contribution >= 0.6 is 0 Å². The maximum atomic E-state index is 12.7. The number of ether oxygens (including phenoxy) is 1. The summed E-state index contributed by atoms with van der Waals surface area (Å²) in [5, 5.41) is 2.87. The lowest BCUT2D eigenvalue weighted by Crippen LogP contribution is -2.49. The summed E-state index contributed by atoms with van der Waals surface area (Å²) >= 11 is 0. The number of benzene rings is 1. The van der Waals surface area contributed by atoms with Gasteiger partial charge >= 0.3 is 0 Å². The molecule has 0 saturated heterocycles. The van der Waals surface area contributed by atoms with Crippen molar-refractivity contribution in [3.8, 4) is 5.75 Å². The summed E-state index contributed by atoms with van der Waals surface area (Å²) in [6, 6.07) is 5.53. The van der Waals surface area contributed by atoms with Gasteiger partial charge in [0.15, 0.2) is 6.10 Å². The van der Waals surface area contributed by atoms with Crippen molar-refractivity contribution in [2.75, 3.05) is 18.0 Å². The molecule has 138 valence electrons. The number of rotatable bonds is 8.